The number of rotatable bonds is 6. The number of carbonyl (C=O) groups is 2. The van der Waals surface area contributed by atoms with E-state index >= 15 is 0 Å². The lowest BCUT2D eigenvalue weighted by Gasteiger charge is -2.12. The Morgan fingerprint density at radius 3 is 2.14 bits per heavy atom. The summed E-state index contributed by atoms with van der Waals surface area (Å²) in [6.45, 7) is 2.42. The summed E-state index contributed by atoms with van der Waals surface area (Å²) in [4.78, 5) is 24.4. The van der Waals surface area contributed by atoms with Crippen molar-refractivity contribution >= 4 is 29.1 Å². The standard InChI is InChI=1S/C19H21N3O5S/c1-4-27-14-8-5-12(6-9-14)17(23)20-19(28)22-21-18(24)13-7-10-15(25-2)16(11-13)26-3/h5-11H,4H2,1-3H3,(H,21,24)(H2,20,22,23,28). The number of amides is 2. The summed E-state index contributed by atoms with van der Waals surface area (Å²) in [7, 11) is 2.98. The third-order valence-corrected chi connectivity index (χ3v) is 3.79. The fraction of sp³-hybridized carbons (Fsp3) is 0.211. The summed E-state index contributed by atoms with van der Waals surface area (Å²) in [5.74, 6) is 0.716. The van der Waals surface area contributed by atoms with E-state index in [1.54, 1.807) is 36.4 Å². The van der Waals surface area contributed by atoms with Crippen LogP contribution in [0.1, 0.15) is 27.6 Å². The minimum Gasteiger partial charge on any atom is -0.494 e. The van der Waals surface area contributed by atoms with Gasteiger partial charge in [0.1, 0.15) is 5.75 Å². The van der Waals surface area contributed by atoms with Gasteiger partial charge in [0.2, 0.25) is 0 Å². The Hall–Kier alpha value is -3.33. The first-order valence-corrected chi connectivity index (χ1v) is 8.75. The molecule has 2 rings (SSSR count). The molecule has 0 bridgehead atoms. The first-order chi connectivity index (χ1) is 13.5. The molecule has 8 nitrogen and oxygen atoms in total. The average molecular weight is 403 g/mol. The predicted molar refractivity (Wildman–Crippen MR) is 108 cm³/mol. The number of thiocarbonyl (C=S) groups is 1. The van der Waals surface area contributed by atoms with Crippen molar-refractivity contribution in [2.75, 3.05) is 20.8 Å². The molecule has 0 heterocycles. The number of ether oxygens (including phenoxy) is 3. The van der Waals surface area contributed by atoms with Crippen LogP contribution in [0, 0.1) is 0 Å². The summed E-state index contributed by atoms with van der Waals surface area (Å²) < 4.78 is 15.6. The molecule has 2 aromatic carbocycles. The number of hydrogen-bond donors (Lipinski definition) is 3. The SMILES string of the molecule is CCOc1ccc(C(=O)NC(=S)NNC(=O)c2ccc(OC)c(OC)c2)cc1. The van der Waals surface area contributed by atoms with E-state index in [1.807, 2.05) is 6.92 Å². The van der Waals surface area contributed by atoms with Gasteiger partial charge in [0.25, 0.3) is 11.8 Å². The van der Waals surface area contributed by atoms with Crippen molar-refractivity contribution in [2.45, 2.75) is 6.92 Å². The molecular formula is C19H21N3O5S. The lowest BCUT2D eigenvalue weighted by molar-refractivity contribution is 0.0934. The van der Waals surface area contributed by atoms with E-state index in [1.165, 1.54) is 20.3 Å². The molecule has 3 N–H and O–H groups in total. The quantitative estimate of drug-likeness (QED) is 0.502. The van der Waals surface area contributed by atoms with Crippen molar-refractivity contribution in [1.29, 1.82) is 0 Å². The second-order valence-electron chi connectivity index (χ2n) is 5.39. The monoisotopic (exact) mass is 403 g/mol. The maximum Gasteiger partial charge on any atom is 0.269 e. The molecule has 0 saturated carbocycles. The van der Waals surface area contributed by atoms with Crippen LogP contribution >= 0.6 is 12.2 Å². The minimum atomic E-state index is -0.460. The van der Waals surface area contributed by atoms with Gasteiger partial charge >= 0.3 is 0 Å². The molecule has 0 radical (unpaired) electrons. The summed E-state index contributed by atoms with van der Waals surface area (Å²) in [6, 6.07) is 11.3. The molecule has 2 amide bonds. The Morgan fingerprint density at radius 1 is 0.893 bits per heavy atom. The van der Waals surface area contributed by atoms with E-state index in [0.29, 0.717) is 35.0 Å². The average Bonchev–Trinajstić information content (AvgIpc) is 2.72. The van der Waals surface area contributed by atoms with Gasteiger partial charge in [0.05, 0.1) is 20.8 Å². The van der Waals surface area contributed by atoms with Gasteiger partial charge in [-0.3, -0.25) is 25.8 Å². The van der Waals surface area contributed by atoms with Gasteiger partial charge in [-0.15, -0.1) is 0 Å². The van der Waals surface area contributed by atoms with Crippen molar-refractivity contribution < 1.29 is 23.8 Å². The Labute approximate surface area is 168 Å². The van der Waals surface area contributed by atoms with Gasteiger partial charge in [-0.1, -0.05) is 0 Å². The van der Waals surface area contributed by atoms with Crippen LogP contribution in [0.15, 0.2) is 42.5 Å². The normalized spacial score (nSPS) is 9.82. The van der Waals surface area contributed by atoms with Crippen molar-refractivity contribution in [3.8, 4) is 17.2 Å². The lowest BCUT2D eigenvalue weighted by Crippen LogP contribution is -2.48. The maximum absolute atomic E-state index is 12.2. The molecule has 28 heavy (non-hydrogen) atoms. The molecular weight excluding hydrogens is 382 g/mol. The van der Waals surface area contributed by atoms with Crippen LogP contribution in [0.3, 0.4) is 0 Å². The number of hydrogen-bond acceptors (Lipinski definition) is 6. The molecule has 0 spiro atoms. The minimum absolute atomic E-state index is 0.0484. The van der Waals surface area contributed by atoms with Crippen molar-refractivity contribution in [2.24, 2.45) is 0 Å². The highest BCUT2D eigenvalue weighted by molar-refractivity contribution is 7.80. The van der Waals surface area contributed by atoms with E-state index in [2.05, 4.69) is 16.2 Å². The molecule has 0 fully saturated rings. The van der Waals surface area contributed by atoms with Gasteiger partial charge < -0.3 is 14.2 Å². The summed E-state index contributed by atoms with van der Waals surface area (Å²) >= 11 is 5.03. The van der Waals surface area contributed by atoms with Crippen LogP contribution in [0.2, 0.25) is 0 Å². The third kappa shape index (κ3) is 5.58. The zero-order chi connectivity index (χ0) is 20.5. The number of hydrazine groups is 1. The summed E-state index contributed by atoms with van der Waals surface area (Å²) in [5.41, 5.74) is 5.62. The molecule has 0 aliphatic carbocycles. The maximum atomic E-state index is 12.2. The van der Waals surface area contributed by atoms with Gasteiger partial charge in [0, 0.05) is 11.1 Å². The van der Waals surface area contributed by atoms with E-state index in [4.69, 9.17) is 26.4 Å². The van der Waals surface area contributed by atoms with E-state index < -0.39 is 11.8 Å². The van der Waals surface area contributed by atoms with Crippen LogP contribution < -0.4 is 30.4 Å². The molecule has 0 aliphatic heterocycles. The topological polar surface area (TPSA) is 97.9 Å². The Morgan fingerprint density at radius 2 is 1.54 bits per heavy atom. The number of nitrogens with one attached hydrogen (secondary N) is 3. The zero-order valence-electron chi connectivity index (χ0n) is 15.7. The lowest BCUT2D eigenvalue weighted by atomic mass is 10.2. The molecule has 148 valence electrons. The Bertz CT molecular complexity index is 855. The number of methoxy groups -OCH3 is 2. The first-order valence-electron chi connectivity index (χ1n) is 8.35. The fourth-order valence-corrected chi connectivity index (χ4v) is 2.38. The second kappa shape index (κ2) is 10.1. The second-order valence-corrected chi connectivity index (χ2v) is 5.80. The molecule has 0 unspecified atom stereocenters. The molecule has 2 aromatic rings. The van der Waals surface area contributed by atoms with E-state index in [0.717, 1.165) is 0 Å². The predicted octanol–water partition coefficient (Wildman–Crippen LogP) is 2.05. The zero-order valence-corrected chi connectivity index (χ0v) is 16.5. The Kier molecular flexibility index (Phi) is 7.58. The van der Waals surface area contributed by atoms with Gasteiger partial charge in [-0.25, -0.2) is 0 Å². The van der Waals surface area contributed by atoms with Crippen LogP contribution in [-0.2, 0) is 0 Å². The van der Waals surface area contributed by atoms with Crippen LogP contribution in [0.25, 0.3) is 0 Å². The largest absolute Gasteiger partial charge is 0.494 e. The highest BCUT2D eigenvalue weighted by atomic mass is 32.1. The Balaban J connectivity index is 1.89. The highest BCUT2D eigenvalue weighted by Crippen LogP contribution is 2.27. The molecule has 0 saturated heterocycles. The van der Waals surface area contributed by atoms with Crippen LogP contribution in [0.4, 0.5) is 0 Å². The molecule has 9 heteroatoms. The van der Waals surface area contributed by atoms with Crippen LogP contribution in [0.5, 0.6) is 17.2 Å². The van der Waals surface area contributed by atoms with Crippen molar-refractivity contribution in [3.05, 3.63) is 53.6 Å². The molecule has 0 aliphatic rings. The van der Waals surface area contributed by atoms with Gasteiger partial charge in [0.15, 0.2) is 16.6 Å². The van der Waals surface area contributed by atoms with Gasteiger partial charge in [-0.05, 0) is 61.6 Å². The summed E-state index contributed by atoms with van der Waals surface area (Å²) in [6.07, 6.45) is 0. The number of carbonyl (C=O) groups excluding carboxylic acids is 2. The highest BCUT2D eigenvalue weighted by Gasteiger charge is 2.12. The summed E-state index contributed by atoms with van der Waals surface area (Å²) in [5, 5.41) is 2.43. The van der Waals surface area contributed by atoms with Crippen molar-refractivity contribution in [3.63, 3.8) is 0 Å². The first kappa shape index (κ1) is 21.0. The van der Waals surface area contributed by atoms with E-state index in [-0.39, 0.29) is 5.11 Å². The number of benzene rings is 2. The smallest absolute Gasteiger partial charge is 0.269 e. The third-order valence-electron chi connectivity index (χ3n) is 3.59. The fourth-order valence-electron chi connectivity index (χ4n) is 2.24. The van der Waals surface area contributed by atoms with Crippen molar-refractivity contribution in [1.82, 2.24) is 16.2 Å². The van der Waals surface area contributed by atoms with E-state index in [9.17, 15) is 9.59 Å². The van der Waals surface area contributed by atoms with Crippen LogP contribution in [-0.4, -0.2) is 37.8 Å². The molecule has 0 atom stereocenters. The molecule has 0 aromatic heterocycles. The van der Waals surface area contributed by atoms with Gasteiger partial charge in [-0.2, -0.15) is 0 Å².